The Balaban J connectivity index is 1.69. The van der Waals surface area contributed by atoms with E-state index in [2.05, 4.69) is 4.90 Å². The molecule has 3 heteroatoms. The Hall–Kier alpha value is -1.09. The van der Waals surface area contributed by atoms with Crippen molar-refractivity contribution in [1.29, 1.82) is 0 Å². The van der Waals surface area contributed by atoms with E-state index < -0.39 is 0 Å². The molecule has 0 spiro atoms. The Morgan fingerprint density at radius 3 is 2.70 bits per heavy atom. The van der Waals surface area contributed by atoms with Gasteiger partial charge in [0, 0.05) is 19.6 Å². The molecule has 0 aromatic heterocycles. The van der Waals surface area contributed by atoms with Crippen molar-refractivity contribution in [3.8, 4) is 0 Å². The van der Waals surface area contributed by atoms with Crippen LogP contribution in [0.1, 0.15) is 44.2 Å². The Bertz CT molecular complexity index is 486. The van der Waals surface area contributed by atoms with Crippen molar-refractivity contribution in [2.45, 2.75) is 38.6 Å². The second-order valence-corrected chi connectivity index (χ2v) is 6.81. The van der Waals surface area contributed by atoms with E-state index in [1.165, 1.54) is 25.7 Å². The molecule has 1 aromatic carbocycles. The number of fused-ring (bicyclic) bond motifs is 2. The van der Waals surface area contributed by atoms with Gasteiger partial charge in [-0.15, -0.1) is 0 Å². The van der Waals surface area contributed by atoms with Crippen LogP contribution in [-0.2, 0) is 0 Å². The summed E-state index contributed by atoms with van der Waals surface area (Å²) < 4.78 is 14.2. The molecule has 0 heterocycles. The number of benzene rings is 1. The summed E-state index contributed by atoms with van der Waals surface area (Å²) in [7, 11) is 2.01. The zero-order valence-electron chi connectivity index (χ0n) is 12.5. The van der Waals surface area contributed by atoms with Crippen molar-refractivity contribution in [2.24, 2.45) is 23.5 Å². The fraction of sp³-hybridized carbons (Fsp3) is 0.647. The maximum Gasteiger partial charge on any atom is 0.146 e. The van der Waals surface area contributed by atoms with E-state index in [1.807, 2.05) is 26.1 Å². The fourth-order valence-electron chi connectivity index (χ4n) is 4.17. The Morgan fingerprint density at radius 1 is 1.35 bits per heavy atom. The summed E-state index contributed by atoms with van der Waals surface area (Å²) in [5.74, 6) is 2.44. The van der Waals surface area contributed by atoms with Gasteiger partial charge in [-0.05, 0) is 61.6 Å². The zero-order valence-corrected chi connectivity index (χ0v) is 12.5. The molecular weight excluding hydrogens is 251 g/mol. The predicted octanol–water partition coefficient (Wildman–Crippen LogP) is 3.72. The van der Waals surface area contributed by atoms with Crippen molar-refractivity contribution < 1.29 is 4.39 Å². The van der Waals surface area contributed by atoms with Crippen LogP contribution in [0.25, 0.3) is 0 Å². The number of hydrogen-bond donors (Lipinski definition) is 1. The molecule has 2 nitrogen and oxygen atoms in total. The number of rotatable bonds is 4. The van der Waals surface area contributed by atoms with E-state index in [-0.39, 0.29) is 11.9 Å². The van der Waals surface area contributed by atoms with Crippen LogP contribution in [0.4, 0.5) is 10.1 Å². The molecule has 2 fully saturated rings. The van der Waals surface area contributed by atoms with Crippen LogP contribution in [0.3, 0.4) is 0 Å². The molecule has 2 N–H and O–H groups in total. The largest absolute Gasteiger partial charge is 0.372 e. The fourth-order valence-corrected chi connectivity index (χ4v) is 4.17. The second-order valence-electron chi connectivity index (χ2n) is 6.81. The lowest BCUT2D eigenvalue weighted by molar-refractivity contribution is 0.337. The van der Waals surface area contributed by atoms with Gasteiger partial charge in [0.05, 0.1) is 5.69 Å². The topological polar surface area (TPSA) is 29.3 Å². The molecule has 0 aliphatic heterocycles. The summed E-state index contributed by atoms with van der Waals surface area (Å²) in [5, 5.41) is 0. The first kappa shape index (κ1) is 13.9. The number of anilines is 1. The maximum atomic E-state index is 14.2. The van der Waals surface area contributed by atoms with Gasteiger partial charge >= 0.3 is 0 Å². The Kier molecular flexibility index (Phi) is 3.72. The molecule has 4 atom stereocenters. The van der Waals surface area contributed by atoms with Crippen LogP contribution in [0.15, 0.2) is 18.2 Å². The lowest BCUT2D eigenvalue weighted by Crippen LogP contribution is -2.29. The summed E-state index contributed by atoms with van der Waals surface area (Å²) in [5.41, 5.74) is 7.37. The quantitative estimate of drug-likeness (QED) is 0.908. The van der Waals surface area contributed by atoms with Gasteiger partial charge in [-0.3, -0.25) is 0 Å². The highest BCUT2D eigenvalue weighted by Crippen LogP contribution is 2.48. The normalized spacial score (nSPS) is 29.7. The van der Waals surface area contributed by atoms with Gasteiger partial charge in [-0.2, -0.15) is 0 Å². The van der Waals surface area contributed by atoms with Crippen LogP contribution < -0.4 is 10.6 Å². The highest BCUT2D eigenvalue weighted by atomic mass is 19.1. The van der Waals surface area contributed by atoms with Crippen molar-refractivity contribution >= 4 is 5.69 Å². The van der Waals surface area contributed by atoms with E-state index in [4.69, 9.17) is 5.73 Å². The van der Waals surface area contributed by atoms with Gasteiger partial charge in [0.25, 0.3) is 0 Å². The summed E-state index contributed by atoms with van der Waals surface area (Å²) in [4.78, 5) is 2.09. The monoisotopic (exact) mass is 276 g/mol. The van der Waals surface area contributed by atoms with Crippen LogP contribution in [-0.4, -0.2) is 13.6 Å². The summed E-state index contributed by atoms with van der Waals surface area (Å²) in [6.45, 7) is 2.86. The van der Waals surface area contributed by atoms with Gasteiger partial charge < -0.3 is 10.6 Å². The minimum atomic E-state index is -0.148. The third-order valence-corrected chi connectivity index (χ3v) is 5.30. The molecule has 2 aliphatic rings. The van der Waals surface area contributed by atoms with E-state index in [0.717, 1.165) is 29.9 Å². The van der Waals surface area contributed by atoms with Gasteiger partial charge in [0.15, 0.2) is 0 Å². The SMILES string of the molecule is C[C@H](N)c1ccc(N(C)CC2CC3CCC2C3)c(F)c1. The molecular formula is C17H25FN2. The number of nitrogens with zero attached hydrogens (tertiary/aromatic N) is 1. The van der Waals surface area contributed by atoms with Gasteiger partial charge in [-0.25, -0.2) is 4.39 Å². The van der Waals surface area contributed by atoms with E-state index in [1.54, 1.807) is 6.07 Å². The molecule has 20 heavy (non-hydrogen) atoms. The summed E-state index contributed by atoms with van der Waals surface area (Å²) in [6.07, 6.45) is 5.55. The van der Waals surface area contributed by atoms with Crippen molar-refractivity contribution in [1.82, 2.24) is 0 Å². The smallest absolute Gasteiger partial charge is 0.146 e. The van der Waals surface area contributed by atoms with E-state index >= 15 is 0 Å². The van der Waals surface area contributed by atoms with Crippen LogP contribution >= 0.6 is 0 Å². The van der Waals surface area contributed by atoms with Gasteiger partial charge in [-0.1, -0.05) is 12.5 Å². The molecule has 3 unspecified atom stereocenters. The van der Waals surface area contributed by atoms with E-state index in [0.29, 0.717) is 5.69 Å². The summed E-state index contributed by atoms with van der Waals surface area (Å²) >= 11 is 0. The van der Waals surface area contributed by atoms with Crippen LogP contribution in [0.5, 0.6) is 0 Å². The van der Waals surface area contributed by atoms with Crippen LogP contribution in [0, 0.1) is 23.6 Å². The molecule has 2 bridgehead atoms. The van der Waals surface area contributed by atoms with Gasteiger partial charge in [0.2, 0.25) is 0 Å². The Morgan fingerprint density at radius 2 is 2.15 bits per heavy atom. The highest BCUT2D eigenvalue weighted by molar-refractivity contribution is 5.49. The third kappa shape index (κ3) is 2.56. The lowest BCUT2D eigenvalue weighted by atomic mass is 9.88. The highest BCUT2D eigenvalue weighted by Gasteiger charge is 2.39. The first-order valence-corrected chi connectivity index (χ1v) is 7.80. The first-order valence-electron chi connectivity index (χ1n) is 7.80. The third-order valence-electron chi connectivity index (χ3n) is 5.30. The Labute approximate surface area is 121 Å². The molecule has 110 valence electrons. The second kappa shape index (κ2) is 5.36. The average molecular weight is 276 g/mol. The minimum Gasteiger partial charge on any atom is -0.372 e. The average Bonchev–Trinajstić information content (AvgIpc) is 3.00. The molecule has 0 amide bonds. The number of hydrogen-bond acceptors (Lipinski definition) is 2. The number of halogens is 1. The number of nitrogens with two attached hydrogens (primary N) is 1. The van der Waals surface area contributed by atoms with Gasteiger partial charge in [0.1, 0.15) is 5.82 Å². The lowest BCUT2D eigenvalue weighted by Gasteiger charge is -2.29. The summed E-state index contributed by atoms with van der Waals surface area (Å²) in [6, 6.07) is 5.29. The molecule has 2 saturated carbocycles. The minimum absolute atomic E-state index is 0.116. The van der Waals surface area contributed by atoms with Crippen molar-refractivity contribution in [3.63, 3.8) is 0 Å². The standard InChI is InChI=1S/C17H25FN2/c1-11(19)13-5-6-17(16(18)9-13)20(2)10-15-8-12-3-4-14(15)7-12/h5-6,9,11-12,14-15H,3-4,7-8,10,19H2,1-2H3/t11-,12?,14?,15?/m0/s1. The maximum absolute atomic E-state index is 14.2. The predicted molar refractivity (Wildman–Crippen MR) is 81.2 cm³/mol. The van der Waals surface area contributed by atoms with Crippen molar-refractivity contribution in [2.75, 3.05) is 18.5 Å². The van der Waals surface area contributed by atoms with Crippen molar-refractivity contribution in [3.05, 3.63) is 29.6 Å². The molecule has 1 aromatic rings. The molecule has 3 rings (SSSR count). The van der Waals surface area contributed by atoms with E-state index in [9.17, 15) is 4.39 Å². The molecule has 0 radical (unpaired) electrons. The van der Waals surface area contributed by atoms with Crippen LogP contribution in [0.2, 0.25) is 0 Å². The molecule has 0 saturated heterocycles. The molecule has 2 aliphatic carbocycles. The first-order chi connectivity index (χ1) is 9.54. The zero-order chi connectivity index (χ0) is 14.3.